The Bertz CT molecular complexity index is 740. The van der Waals surface area contributed by atoms with E-state index in [1.807, 2.05) is 30.3 Å². The van der Waals surface area contributed by atoms with Crippen molar-refractivity contribution in [2.75, 3.05) is 44.6 Å². The molecule has 0 atom stereocenters. The Balaban J connectivity index is 1.38. The number of hydrogen-bond donors (Lipinski definition) is 3. The fourth-order valence-corrected chi connectivity index (χ4v) is 3.66. The molecule has 4 nitrogen and oxygen atoms in total. The number of benzene rings is 2. The first kappa shape index (κ1) is 18.8. The summed E-state index contributed by atoms with van der Waals surface area (Å²) in [5.74, 6) is 0.0884. The van der Waals surface area contributed by atoms with Gasteiger partial charge in [0.1, 0.15) is 26.2 Å². The van der Waals surface area contributed by atoms with Gasteiger partial charge >= 0.3 is 0 Å². The maximum absolute atomic E-state index is 12.2. The highest BCUT2D eigenvalue weighted by atomic mass is 79.9. The molecule has 0 aliphatic carbocycles. The number of quaternary nitrogens is 2. The number of nitrogens with one attached hydrogen (secondary N) is 3. The minimum absolute atomic E-state index is 0.0884. The second-order valence-corrected chi connectivity index (χ2v) is 7.67. The molecule has 1 amide bonds. The van der Waals surface area contributed by atoms with Crippen molar-refractivity contribution in [3.63, 3.8) is 0 Å². The molecular weight excluding hydrogens is 390 g/mol. The lowest BCUT2D eigenvalue weighted by Crippen LogP contribution is -3.28. The van der Waals surface area contributed by atoms with E-state index in [0.717, 1.165) is 42.9 Å². The molecule has 0 radical (unpaired) electrons. The van der Waals surface area contributed by atoms with Crippen LogP contribution in [0.4, 0.5) is 5.69 Å². The molecule has 0 aromatic heterocycles. The molecule has 1 fully saturated rings. The maximum Gasteiger partial charge on any atom is 0.279 e. The molecule has 136 valence electrons. The molecule has 3 rings (SSSR count). The van der Waals surface area contributed by atoms with E-state index in [1.165, 1.54) is 10.5 Å². The number of carbonyl (C=O) groups excluding carboxylic acids is 1. The molecule has 5 heteroatoms. The number of piperazine rings is 1. The third-order valence-corrected chi connectivity index (χ3v) is 5.19. The van der Waals surface area contributed by atoms with Crippen LogP contribution >= 0.6 is 15.9 Å². The van der Waals surface area contributed by atoms with Gasteiger partial charge in [-0.25, -0.2) is 0 Å². The van der Waals surface area contributed by atoms with Gasteiger partial charge in [0, 0.05) is 10.2 Å². The molecule has 0 spiro atoms. The van der Waals surface area contributed by atoms with Crippen molar-refractivity contribution in [2.45, 2.75) is 0 Å². The first-order chi connectivity index (χ1) is 12.7. The third-order valence-electron chi connectivity index (χ3n) is 4.70. The standard InChI is InChI=1S/C21H24BrN3O/c22-19-9-4-10-20(16-19)23-21(26)17-25-14-12-24(13-15-25)11-5-8-18-6-2-1-3-7-18/h1-10,16H,11-15,17H2,(H,23,26)/p+2/b8-5+. The van der Waals surface area contributed by atoms with Gasteiger partial charge in [0.05, 0.1) is 6.54 Å². The largest absolute Gasteiger partial charge is 0.322 e. The van der Waals surface area contributed by atoms with Gasteiger partial charge in [-0.1, -0.05) is 58.4 Å². The van der Waals surface area contributed by atoms with E-state index in [-0.39, 0.29) is 5.91 Å². The van der Waals surface area contributed by atoms with E-state index in [4.69, 9.17) is 0 Å². The fourth-order valence-electron chi connectivity index (χ4n) is 3.26. The third kappa shape index (κ3) is 6.09. The number of amides is 1. The Hall–Kier alpha value is -1.95. The van der Waals surface area contributed by atoms with Crippen LogP contribution < -0.4 is 15.1 Å². The molecule has 0 unspecified atom stereocenters. The lowest BCUT2D eigenvalue weighted by Gasteiger charge is -2.28. The Morgan fingerprint density at radius 3 is 2.46 bits per heavy atom. The van der Waals surface area contributed by atoms with Crippen molar-refractivity contribution in [1.82, 2.24) is 0 Å². The second kappa shape index (κ2) is 9.67. The van der Waals surface area contributed by atoms with Gasteiger partial charge < -0.3 is 15.1 Å². The number of halogens is 1. The molecule has 0 saturated carbocycles. The molecular formula is C21H26BrN3O+2. The summed E-state index contributed by atoms with van der Waals surface area (Å²) in [7, 11) is 0. The fraction of sp³-hybridized carbons (Fsp3) is 0.286. The van der Waals surface area contributed by atoms with Gasteiger partial charge in [0.15, 0.2) is 6.54 Å². The van der Waals surface area contributed by atoms with Gasteiger partial charge in [-0.3, -0.25) is 4.79 Å². The second-order valence-electron chi connectivity index (χ2n) is 6.75. The van der Waals surface area contributed by atoms with Gasteiger partial charge in [-0.15, -0.1) is 0 Å². The summed E-state index contributed by atoms with van der Waals surface area (Å²) in [4.78, 5) is 15.2. The predicted octanol–water partition coefficient (Wildman–Crippen LogP) is 0.884. The van der Waals surface area contributed by atoms with Crippen molar-refractivity contribution in [3.8, 4) is 0 Å². The normalized spacial score (nSPS) is 20.2. The molecule has 0 bridgehead atoms. The Morgan fingerprint density at radius 1 is 1.00 bits per heavy atom. The van der Waals surface area contributed by atoms with Gasteiger partial charge in [0.25, 0.3) is 5.91 Å². The Labute approximate surface area is 163 Å². The minimum Gasteiger partial charge on any atom is -0.322 e. The van der Waals surface area contributed by atoms with Crippen LogP contribution in [0.3, 0.4) is 0 Å². The quantitative estimate of drug-likeness (QED) is 0.643. The average molecular weight is 416 g/mol. The molecule has 2 aromatic carbocycles. The van der Waals surface area contributed by atoms with E-state index < -0.39 is 0 Å². The lowest BCUT2D eigenvalue weighted by atomic mass is 10.2. The summed E-state index contributed by atoms with van der Waals surface area (Å²) in [6, 6.07) is 18.1. The van der Waals surface area contributed by atoms with Crippen LogP contribution in [-0.2, 0) is 4.79 Å². The first-order valence-corrected chi connectivity index (χ1v) is 9.92. The molecule has 1 saturated heterocycles. The summed E-state index contributed by atoms with van der Waals surface area (Å²) < 4.78 is 0.975. The summed E-state index contributed by atoms with van der Waals surface area (Å²) >= 11 is 3.43. The minimum atomic E-state index is 0.0884. The predicted molar refractivity (Wildman–Crippen MR) is 109 cm³/mol. The van der Waals surface area contributed by atoms with Crippen LogP contribution in [0, 0.1) is 0 Å². The van der Waals surface area contributed by atoms with Gasteiger partial charge in [0.2, 0.25) is 0 Å². The number of rotatable bonds is 6. The van der Waals surface area contributed by atoms with Crippen molar-refractivity contribution in [3.05, 3.63) is 70.7 Å². The van der Waals surface area contributed by atoms with Crippen molar-refractivity contribution in [1.29, 1.82) is 0 Å². The summed E-state index contributed by atoms with van der Waals surface area (Å²) in [6.07, 6.45) is 4.45. The Kier molecular flexibility index (Phi) is 7.00. The van der Waals surface area contributed by atoms with E-state index in [0.29, 0.717) is 6.54 Å². The lowest BCUT2D eigenvalue weighted by molar-refractivity contribution is -1.01. The molecule has 3 N–H and O–H groups in total. The van der Waals surface area contributed by atoms with Crippen molar-refractivity contribution in [2.24, 2.45) is 0 Å². The zero-order valence-electron chi connectivity index (χ0n) is 14.9. The maximum atomic E-state index is 12.2. The van der Waals surface area contributed by atoms with E-state index in [1.54, 1.807) is 4.90 Å². The van der Waals surface area contributed by atoms with E-state index >= 15 is 0 Å². The smallest absolute Gasteiger partial charge is 0.279 e. The molecule has 2 aromatic rings. The van der Waals surface area contributed by atoms with Crippen LogP contribution in [0.25, 0.3) is 6.08 Å². The van der Waals surface area contributed by atoms with Gasteiger partial charge in [-0.05, 0) is 29.8 Å². The highest BCUT2D eigenvalue weighted by Gasteiger charge is 2.23. The number of hydrogen-bond acceptors (Lipinski definition) is 1. The van der Waals surface area contributed by atoms with Crippen LogP contribution in [-0.4, -0.2) is 45.2 Å². The molecule has 26 heavy (non-hydrogen) atoms. The van der Waals surface area contributed by atoms with Crippen molar-refractivity contribution >= 4 is 33.6 Å². The van der Waals surface area contributed by atoms with Crippen molar-refractivity contribution < 1.29 is 14.6 Å². The van der Waals surface area contributed by atoms with Crippen LogP contribution in [0.1, 0.15) is 5.56 Å². The summed E-state index contributed by atoms with van der Waals surface area (Å²) in [6.45, 7) is 5.89. The monoisotopic (exact) mass is 415 g/mol. The summed E-state index contributed by atoms with van der Waals surface area (Å²) in [5.41, 5.74) is 2.10. The van der Waals surface area contributed by atoms with Crippen LogP contribution in [0.5, 0.6) is 0 Å². The van der Waals surface area contributed by atoms with E-state index in [9.17, 15) is 4.79 Å². The summed E-state index contributed by atoms with van der Waals surface area (Å²) in [5, 5.41) is 2.99. The highest BCUT2D eigenvalue weighted by molar-refractivity contribution is 9.10. The molecule has 1 aliphatic rings. The zero-order chi connectivity index (χ0) is 18.2. The number of carbonyl (C=O) groups is 1. The van der Waals surface area contributed by atoms with Crippen LogP contribution in [0.15, 0.2) is 65.1 Å². The molecule has 1 aliphatic heterocycles. The first-order valence-electron chi connectivity index (χ1n) is 9.13. The average Bonchev–Trinajstić information content (AvgIpc) is 2.64. The molecule has 1 heterocycles. The number of anilines is 1. The Morgan fingerprint density at radius 2 is 1.73 bits per heavy atom. The zero-order valence-corrected chi connectivity index (χ0v) is 16.5. The van der Waals surface area contributed by atoms with E-state index in [2.05, 4.69) is 57.7 Å². The van der Waals surface area contributed by atoms with Crippen LogP contribution in [0.2, 0.25) is 0 Å². The topological polar surface area (TPSA) is 38.0 Å². The van der Waals surface area contributed by atoms with Gasteiger partial charge in [-0.2, -0.15) is 0 Å². The SMILES string of the molecule is O=C(C[NH+]1CC[NH+](C/C=C/c2ccccc2)CC1)Nc1cccc(Br)c1. The highest BCUT2D eigenvalue weighted by Crippen LogP contribution is 2.15.